The van der Waals surface area contributed by atoms with E-state index in [1.807, 2.05) is 6.26 Å². The lowest BCUT2D eigenvalue weighted by Crippen LogP contribution is -2.40. The van der Waals surface area contributed by atoms with Gasteiger partial charge in [-0.3, -0.25) is 0 Å². The summed E-state index contributed by atoms with van der Waals surface area (Å²) in [6.07, 6.45) is 1.06. The van der Waals surface area contributed by atoms with Gasteiger partial charge in [0.2, 0.25) is 0 Å². The van der Waals surface area contributed by atoms with E-state index in [1.165, 1.54) is 18.6 Å². The highest BCUT2D eigenvalue weighted by molar-refractivity contribution is 8.00. The van der Waals surface area contributed by atoms with E-state index in [0.717, 1.165) is 18.9 Å². The second-order valence-electron chi connectivity index (χ2n) is 4.64. The first-order valence-corrected chi connectivity index (χ1v) is 7.15. The fourth-order valence-electron chi connectivity index (χ4n) is 2.16. The smallest absolute Gasteiger partial charge is 0.383 e. The van der Waals surface area contributed by atoms with Crippen LogP contribution in [0.3, 0.4) is 0 Å². The van der Waals surface area contributed by atoms with E-state index in [-0.39, 0.29) is 10.4 Å². The third kappa shape index (κ3) is 2.76. The lowest BCUT2D eigenvalue weighted by molar-refractivity contribution is -0.136. The van der Waals surface area contributed by atoms with Gasteiger partial charge in [-0.2, -0.15) is 24.9 Å². The van der Waals surface area contributed by atoms with Crippen molar-refractivity contribution in [3.05, 3.63) is 29.8 Å². The molecule has 1 N–H and O–H groups in total. The van der Waals surface area contributed by atoms with Crippen LogP contribution < -0.4 is 5.32 Å². The van der Waals surface area contributed by atoms with E-state index in [1.54, 1.807) is 17.8 Å². The summed E-state index contributed by atoms with van der Waals surface area (Å²) in [4.78, 5) is 0. The molecular formula is C13H16F3NS. The minimum Gasteiger partial charge on any atom is -0.383 e. The molecular weight excluding hydrogens is 259 g/mol. The quantitative estimate of drug-likeness (QED) is 0.874. The van der Waals surface area contributed by atoms with Crippen LogP contribution in [-0.4, -0.2) is 17.5 Å². The Morgan fingerprint density at radius 3 is 2.44 bits per heavy atom. The summed E-state index contributed by atoms with van der Waals surface area (Å²) in [5, 5.41) is 2.97. The van der Waals surface area contributed by atoms with Gasteiger partial charge < -0.3 is 5.32 Å². The number of hydrogen-bond donors (Lipinski definition) is 1. The fraction of sp³-hybridized carbons (Fsp3) is 0.538. The molecule has 1 aliphatic rings. The van der Waals surface area contributed by atoms with Crippen molar-refractivity contribution in [2.45, 2.75) is 30.2 Å². The summed E-state index contributed by atoms with van der Waals surface area (Å²) in [5.41, 5.74) is -0.397. The molecule has 0 amide bonds. The summed E-state index contributed by atoms with van der Waals surface area (Å²) < 4.78 is 38.5. The maximum absolute atomic E-state index is 12.8. The van der Waals surface area contributed by atoms with Gasteiger partial charge in [-0.15, -0.1) is 0 Å². The van der Waals surface area contributed by atoms with E-state index < -0.39 is 11.7 Å². The van der Waals surface area contributed by atoms with E-state index in [9.17, 15) is 13.2 Å². The third-order valence-electron chi connectivity index (χ3n) is 3.53. The number of hydrogen-bond acceptors (Lipinski definition) is 2. The Kier molecular flexibility index (Phi) is 3.80. The predicted octanol–water partition coefficient (Wildman–Crippen LogP) is 4.40. The van der Waals surface area contributed by atoms with Crippen molar-refractivity contribution >= 4 is 17.4 Å². The van der Waals surface area contributed by atoms with Crippen molar-refractivity contribution in [2.75, 3.05) is 18.1 Å². The van der Waals surface area contributed by atoms with Gasteiger partial charge in [0.15, 0.2) is 0 Å². The molecule has 0 atom stereocenters. The molecule has 0 aliphatic heterocycles. The minimum absolute atomic E-state index is 0.124. The zero-order valence-electron chi connectivity index (χ0n) is 10.2. The van der Waals surface area contributed by atoms with Crippen LogP contribution in [0.5, 0.6) is 0 Å². The van der Waals surface area contributed by atoms with Crippen LogP contribution in [0.25, 0.3) is 0 Å². The molecule has 2 rings (SSSR count). The zero-order chi connectivity index (χ0) is 13.2. The van der Waals surface area contributed by atoms with Crippen LogP contribution in [0.4, 0.5) is 18.9 Å². The molecule has 1 saturated carbocycles. The Hall–Kier alpha value is -0.840. The van der Waals surface area contributed by atoms with Crippen LogP contribution in [0.15, 0.2) is 24.3 Å². The second-order valence-corrected chi connectivity index (χ2v) is 5.91. The van der Waals surface area contributed by atoms with E-state index >= 15 is 0 Å². The van der Waals surface area contributed by atoms with Gasteiger partial charge >= 0.3 is 6.18 Å². The minimum atomic E-state index is -4.30. The van der Waals surface area contributed by atoms with E-state index in [4.69, 9.17) is 0 Å². The summed E-state index contributed by atoms with van der Waals surface area (Å²) in [7, 11) is 0. The molecule has 0 saturated heterocycles. The summed E-state index contributed by atoms with van der Waals surface area (Å²) in [6, 6.07) is 5.66. The molecule has 5 heteroatoms. The van der Waals surface area contributed by atoms with Crippen molar-refractivity contribution in [1.82, 2.24) is 0 Å². The summed E-state index contributed by atoms with van der Waals surface area (Å²) in [6.45, 7) is 0.598. The molecule has 0 spiro atoms. The Morgan fingerprint density at radius 1 is 1.28 bits per heavy atom. The third-order valence-corrected chi connectivity index (χ3v) is 4.95. The summed E-state index contributed by atoms with van der Waals surface area (Å²) in [5.74, 6) is 0. The first-order chi connectivity index (χ1) is 8.47. The highest BCUT2D eigenvalue weighted by atomic mass is 32.2. The number of rotatable bonds is 4. The largest absolute Gasteiger partial charge is 0.418 e. The SMILES string of the molecule is CSC1(CNc2ccccc2C(F)(F)F)CCC1. The maximum Gasteiger partial charge on any atom is 0.418 e. The number of alkyl halides is 3. The molecule has 0 heterocycles. The zero-order valence-corrected chi connectivity index (χ0v) is 11.0. The molecule has 18 heavy (non-hydrogen) atoms. The average molecular weight is 275 g/mol. The maximum atomic E-state index is 12.8. The summed E-state index contributed by atoms with van der Waals surface area (Å²) >= 11 is 1.75. The van der Waals surface area contributed by atoms with Crippen molar-refractivity contribution in [2.24, 2.45) is 0 Å². The molecule has 100 valence electrons. The van der Waals surface area contributed by atoms with Crippen molar-refractivity contribution in [3.63, 3.8) is 0 Å². The lowest BCUT2D eigenvalue weighted by atomic mass is 9.84. The van der Waals surface area contributed by atoms with Gasteiger partial charge in [-0.05, 0) is 31.2 Å². The number of halogens is 3. The molecule has 1 aliphatic carbocycles. The normalized spacial score (nSPS) is 18.2. The molecule has 0 aromatic heterocycles. The first kappa shape index (κ1) is 13.6. The highest BCUT2D eigenvalue weighted by Crippen LogP contribution is 2.43. The molecule has 1 aromatic rings. The van der Waals surface area contributed by atoms with Crippen LogP contribution in [0.1, 0.15) is 24.8 Å². The lowest BCUT2D eigenvalue weighted by Gasteiger charge is -2.40. The molecule has 0 unspecified atom stereocenters. The number of para-hydroxylation sites is 1. The average Bonchev–Trinajstić information content (AvgIpc) is 2.27. The number of benzene rings is 1. The van der Waals surface area contributed by atoms with E-state index in [0.29, 0.717) is 6.54 Å². The molecule has 0 radical (unpaired) electrons. The Balaban J connectivity index is 2.10. The van der Waals surface area contributed by atoms with Gasteiger partial charge in [0, 0.05) is 17.0 Å². The van der Waals surface area contributed by atoms with Gasteiger partial charge in [0.25, 0.3) is 0 Å². The topological polar surface area (TPSA) is 12.0 Å². The Bertz CT molecular complexity index is 407. The van der Waals surface area contributed by atoms with Crippen molar-refractivity contribution in [3.8, 4) is 0 Å². The van der Waals surface area contributed by atoms with Crippen LogP contribution in [0.2, 0.25) is 0 Å². The number of nitrogens with one attached hydrogen (secondary N) is 1. The van der Waals surface area contributed by atoms with Gasteiger partial charge in [-0.1, -0.05) is 18.6 Å². The second kappa shape index (κ2) is 5.03. The molecule has 1 aromatic carbocycles. The van der Waals surface area contributed by atoms with Crippen molar-refractivity contribution in [1.29, 1.82) is 0 Å². The predicted molar refractivity (Wildman–Crippen MR) is 70.0 cm³/mol. The van der Waals surface area contributed by atoms with Gasteiger partial charge in [-0.25, -0.2) is 0 Å². The van der Waals surface area contributed by atoms with Gasteiger partial charge in [0.1, 0.15) is 0 Å². The van der Waals surface area contributed by atoms with Crippen molar-refractivity contribution < 1.29 is 13.2 Å². The van der Waals surface area contributed by atoms with E-state index in [2.05, 4.69) is 5.32 Å². The number of anilines is 1. The fourth-order valence-corrected chi connectivity index (χ4v) is 3.08. The van der Waals surface area contributed by atoms with Crippen LogP contribution in [-0.2, 0) is 6.18 Å². The Morgan fingerprint density at radius 2 is 1.94 bits per heavy atom. The number of thioether (sulfide) groups is 1. The molecule has 1 fully saturated rings. The molecule has 1 nitrogen and oxygen atoms in total. The Labute approximate surface area is 109 Å². The first-order valence-electron chi connectivity index (χ1n) is 5.92. The monoisotopic (exact) mass is 275 g/mol. The van der Waals surface area contributed by atoms with Crippen LogP contribution in [0, 0.1) is 0 Å². The standard InChI is InChI=1S/C13H16F3NS/c1-18-12(7-4-8-12)9-17-11-6-3-2-5-10(11)13(14,15)16/h2-3,5-6,17H,4,7-9H2,1H3. The van der Waals surface area contributed by atoms with Crippen LogP contribution >= 0.6 is 11.8 Å². The highest BCUT2D eigenvalue weighted by Gasteiger charge is 2.37. The van der Waals surface area contributed by atoms with Gasteiger partial charge in [0.05, 0.1) is 5.56 Å². The molecule has 0 bridgehead atoms.